The van der Waals surface area contributed by atoms with Gasteiger partial charge < -0.3 is 21.1 Å². The molecule has 0 saturated carbocycles. The second-order valence-electron chi connectivity index (χ2n) is 5.35. The maximum atomic E-state index is 12.0. The number of carboxylic acid groups (broad SMARTS) is 1. The van der Waals surface area contributed by atoms with Crippen molar-refractivity contribution in [3.63, 3.8) is 0 Å². The number of primary amides is 1. The summed E-state index contributed by atoms with van der Waals surface area (Å²) in [5.74, 6) is -1.20. The summed E-state index contributed by atoms with van der Waals surface area (Å²) >= 11 is 0. The summed E-state index contributed by atoms with van der Waals surface area (Å²) in [4.78, 5) is 35.2. The minimum Gasteiger partial charge on any atom is -0.481 e. The lowest BCUT2D eigenvalue weighted by Crippen LogP contribution is -2.52. The molecule has 2 aliphatic heterocycles. The van der Waals surface area contributed by atoms with Gasteiger partial charge in [0.15, 0.2) is 0 Å². The van der Waals surface area contributed by atoms with Gasteiger partial charge in [0.2, 0.25) is 5.91 Å². The molecule has 2 aliphatic rings. The molecule has 106 valence electrons. The minimum atomic E-state index is -0.781. The zero-order chi connectivity index (χ0) is 14.0. The Hall–Kier alpha value is -1.79. The van der Waals surface area contributed by atoms with E-state index in [1.165, 1.54) is 0 Å². The van der Waals surface area contributed by atoms with Gasteiger partial charge in [-0.25, -0.2) is 4.79 Å². The van der Waals surface area contributed by atoms with E-state index in [1.807, 2.05) is 0 Å². The van der Waals surface area contributed by atoms with Crippen molar-refractivity contribution in [2.24, 2.45) is 11.7 Å². The number of nitrogens with two attached hydrogens (primary N) is 1. The van der Waals surface area contributed by atoms with Crippen LogP contribution in [0.25, 0.3) is 0 Å². The highest BCUT2D eigenvalue weighted by atomic mass is 16.4. The van der Waals surface area contributed by atoms with E-state index < -0.39 is 11.9 Å². The number of carbonyl (C=O) groups excluding carboxylic acids is 2. The molecule has 0 aromatic rings. The van der Waals surface area contributed by atoms with Gasteiger partial charge in [-0.2, -0.15) is 0 Å². The third-order valence-corrected chi connectivity index (χ3v) is 3.94. The van der Waals surface area contributed by atoms with Crippen LogP contribution in [-0.2, 0) is 9.59 Å². The van der Waals surface area contributed by atoms with Gasteiger partial charge in [0.1, 0.15) is 0 Å². The summed E-state index contributed by atoms with van der Waals surface area (Å²) < 4.78 is 0. The summed E-state index contributed by atoms with van der Waals surface area (Å²) in [5.41, 5.74) is 4.99. The maximum absolute atomic E-state index is 12.0. The molecule has 3 amide bonds. The number of hydrogen-bond acceptors (Lipinski definition) is 3. The fourth-order valence-electron chi connectivity index (χ4n) is 3.29. The van der Waals surface area contributed by atoms with E-state index in [4.69, 9.17) is 10.8 Å². The fourth-order valence-corrected chi connectivity index (χ4v) is 3.29. The Balaban J connectivity index is 1.93. The van der Waals surface area contributed by atoms with Crippen molar-refractivity contribution in [2.75, 3.05) is 6.54 Å². The molecule has 7 nitrogen and oxygen atoms in total. The van der Waals surface area contributed by atoms with Crippen molar-refractivity contribution >= 4 is 17.9 Å². The normalized spacial score (nSPS) is 29.1. The van der Waals surface area contributed by atoms with Crippen LogP contribution in [0, 0.1) is 5.92 Å². The zero-order valence-corrected chi connectivity index (χ0v) is 10.7. The molecular weight excluding hydrogens is 250 g/mol. The summed E-state index contributed by atoms with van der Waals surface area (Å²) in [6, 6.07) is -0.0768. The second-order valence-corrected chi connectivity index (χ2v) is 5.35. The highest BCUT2D eigenvalue weighted by molar-refractivity contribution is 5.83. The van der Waals surface area contributed by atoms with Crippen LogP contribution in [-0.4, -0.2) is 46.5 Å². The van der Waals surface area contributed by atoms with Gasteiger partial charge in [-0.3, -0.25) is 9.59 Å². The zero-order valence-electron chi connectivity index (χ0n) is 10.7. The van der Waals surface area contributed by atoms with Crippen LogP contribution >= 0.6 is 0 Å². The van der Waals surface area contributed by atoms with Gasteiger partial charge in [-0.1, -0.05) is 0 Å². The Morgan fingerprint density at radius 3 is 2.26 bits per heavy atom. The van der Waals surface area contributed by atoms with Gasteiger partial charge in [-0.05, 0) is 31.6 Å². The van der Waals surface area contributed by atoms with Crippen molar-refractivity contribution < 1.29 is 19.5 Å². The highest BCUT2D eigenvalue weighted by Crippen LogP contribution is 2.39. The van der Waals surface area contributed by atoms with Gasteiger partial charge in [-0.15, -0.1) is 0 Å². The summed E-state index contributed by atoms with van der Waals surface area (Å²) in [5, 5.41) is 11.3. The largest absolute Gasteiger partial charge is 0.481 e. The Morgan fingerprint density at radius 1 is 1.21 bits per heavy atom. The molecule has 2 heterocycles. The van der Waals surface area contributed by atoms with Crippen molar-refractivity contribution in [1.82, 2.24) is 10.2 Å². The molecule has 0 spiro atoms. The summed E-state index contributed by atoms with van der Waals surface area (Å²) in [7, 11) is 0. The molecular formula is C12H19N3O4. The number of carboxylic acids is 1. The third-order valence-electron chi connectivity index (χ3n) is 3.94. The third kappa shape index (κ3) is 3.15. The Bertz CT molecular complexity index is 384. The number of carbonyl (C=O) groups is 3. The molecule has 2 atom stereocenters. The van der Waals surface area contributed by atoms with Crippen LogP contribution in [0.15, 0.2) is 0 Å². The van der Waals surface area contributed by atoms with Gasteiger partial charge in [0, 0.05) is 18.5 Å². The Morgan fingerprint density at radius 2 is 1.79 bits per heavy atom. The first-order chi connectivity index (χ1) is 8.97. The SMILES string of the molecule is NC(=O)CNC(=O)N1C2CCC1CC(CC(=O)O)C2. The number of urea groups is 1. The van der Waals surface area contributed by atoms with E-state index in [9.17, 15) is 14.4 Å². The van der Waals surface area contributed by atoms with E-state index in [0.29, 0.717) is 0 Å². The van der Waals surface area contributed by atoms with E-state index in [2.05, 4.69) is 5.32 Å². The molecule has 0 aromatic carbocycles. The van der Waals surface area contributed by atoms with Crippen LogP contribution in [0.1, 0.15) is 32.1 Å². The molecule has 2 rings (SSSR count). The molecule has 2 bridgehead atoms. The predicted octanol–water partition coefficient (Wildman–Crippen LogP) is -0.101. The predicted molar refractivity (Wildman–Crippen MR) is 66.2 cm³/mol. The van der Waals surface area contributed by atoms with E-state index >= 15 is 0 Å². The van der Waals surface area contributed by atoms with E-state index in [0.717, 1.165) is 25.7 Å². The summed E-state index contributed by atoms with van der Waals surface area (Å²) in [6.07, 6.45) is 3.44. The Labute approximate surface area is 111 Å². The number of hydrogen-bond donors (Lipinski definition) is 3. The standard InChI is InChI=1S/C12H19N3O4/c13-10(16)6-14-12(19)15-8-1-2-9(15)4-7(3-8)5-11(17)18/h7-9H,1-6H2,(H2,13,16)(H,14,19)(H,17,18). The van der Waals surface area contributed by atoms with E-state index in [1.54, 1.807) is 4.90 Å². The molecule has 2 saturated heterocycles. The van der Waals surface area contributed by atoms with Crippen molar-refractivity contribution in [1.29, 1.82) is 0 Å². The van der Waals surface area contributed by atoms with Crippen molar-refractivity contribution in [2.45, 2.75) is 44.2 Å². The molecule has 4 N–H and O–H groups in total. The lowest BCUT2D eigenvalue weighted by atomic mass is 9.88. The Kier molecular flexibility index (Phi) is 3.92. The number of fused-ring (bicyclic) bond motifs is 2. The monoisotopic (exact) mass is 269 g/mol. The average Bonchev–Trinajstić information content (AvgIpc) is 2.57. The first-order valence-corrected chi connectivity index (χ1v) is 6.53. The number of rotatable bonds is 4. The molecule has 0 radical (unpaired) electrons. The molecule has 0 aromatic heterocycles. The van der Waals surface area contributed by atoms with Gasteiger partial charge in [0.25, 0.3) is 0 Å². The molecule has 2 fully saturated rings. The maximum Gasteiger partial charge on any atom is 0.318 e. The van der Waals surface area contributed by atoms with Crippen LogP contribution in [0.3, 0.4) is 0 Å². The van der Waals surface area contributed by atoms with E-state index in [-0.39, 0.29) is 37.0 Å². The average molecular weight is 269 g/mol. The highest BCUT2D eigenvalue weighted by Gasteiger charge is 2.43. The van der Waals surface area contributed by atoms with Crippen molar-refractivity contribution in [3.05, 3.63) is 0 Å². The van der Waals surface area contributed by atoms with Crippen LogP contribution < -0.4 is 11.1 Å². The molecule has 0 aliphatic carbocycles. The smallest absolute Gasteiger partial charge is 0.318 e. The van der Waals surface area contributed by atoms with Crippen LogP contribution in [0.5, 0.6) is 0 Å². The number of nitrogens with zero attached hydrogens (tertiary/aromatic N) is 1. The van der Waals surface area contributed by atoms with Gasteiger partial charge >= 0.3 is 12.0 Å². The topological polar surface area (TPSA) is 113 Å². The first kappa shape index (κ1) is 13.6. The number of piperidine rings is 1. The minimum absolute atomic E-state index is 0.0935. The molecule has 19 heavy (non-hydrogen) atoms. The second kappa shape index (κ2) is 5.46. The van der Waals surface area contributed by atoms with Crippen LogP contribution in [0.2, 0.25) is 0 Å². The fraction of sp³-hybridized carbons (Fsp3) is 0.750. The van der Waals surface area contributed by atoms with Crippen molar-refractivity contribution in [3.8, 4) is 0 Å². The lowest BCUT2D eigenvalue weighted by Gasteiger charge is -2.38. The molecule has 7 heteroatoms. The van der Waals surface area contributed by atoms with Crippen LogP contribution in [0.4, 0.5) is 4.79 Å². The number of amides is 3. The lowest BCUT2D eigenvalue weighted by molar-refractivity contribution is -0.138. The van der Waals surface area contributed by atoms with Gasteiger partial charge in [0.05, 0.1) is 6.54 Å². The summed E-state index contributed by atoms with van der Waals surface area (Å²) in [6.45, 7) is -0.159. The molecule has 2 unspecified atom stereocenters. The quantitative estimate of drug-likeness (QED) is 0.661. The first-order valence-electron chi connectivity index (χ1n) is 6.53. The number of nitrogens with one attached hydrogen (secondary N) is 1. The number of aliphatic carboxylic acids is 1.